The van der Waals surface area contributed by atoms with Gasteiger partial charge in [0.2, 0.25) is 10.0 Å². The predicted octanol–water partition coefficient (Wildman–Crippen LogP) is -0.917. The third-order valence-corrected chi connectivity index (χ3v) is 3.55. The topological polar surface area (TPSA) is 86.7 Å². The van der Waals surface area contributed by atoms with E-state index in [9.17, 15) is 13.2 Å². The van der Waals surface area contributed by atoms with Gasteiger partial charge in [-0.2, -0.15) is 4.31 Å². The first-order valence-corrected chi connectivity index (χ1v) is 6.57. The van der Waals surface area contributed by atoms with Crippen LogP contribution in [0.3, 0.4) is 0 Å². The van der Waals surface area contributed by atoms with E-state index < -0.39 is 16.0 Å². The zero-order valence-electron chi connectivity index (χ0n) is 8.80. The molecule has 0 aromatic carbocycles. The first-order chi connectivity index (χ1) is 6.79. The number of nitrogens with zero attached hydrogens (tertiary/aromatic N) is 1. The molecule has 0 amide bonds. The van der Waals surface area contributed by atoms with E-state index >= 15 is 0 Å². The van der Waals surface area contributed by atoms with Crippen molar-refractivity contribution in [3.05, 3.63) is 0 Å². The summed E-state index contributed by atoms with van der Waals surface area (Å²) in [6, 6.07) is -0.321. The molecule has 15 heavy (non-hydrogen) atoms. The van der Waals surface area contributed by atoms with Gasteiger partial charge in [-0.3, -0.25) is 4.79 Å². The van der Waals surface area contributed by atoms with Crippen molar-refractivity contribution in [1.82, 2.24) is 9.62 Å². The fraction of sp³-hybridized carbons (Fsp3) is 0.875. The number of rotatable bonds is 3. The lowest BCUT2D eigenvalue weighted by Crippen LogP contribution is -2.57. The first kappa shape index (κ1) is 12.4. The van der Waals surface area contributed by atoms with E-state index in [0.717, 1.165) is 6.26 Å². The van der Waals surface area contributed by atoms with Crippen molar-refractivity contribution in [1.29, 1.82) is 0 Å². The summed E-state index contributed by atoms with van der Waals surface area (Å²) in [6.45, 7) is 2.47. The summed E-state index contributed by atoms with van der Waals surface area (Å²) in [5, 5.41) is 11.7. The van der Waals surface area contributed by atoms with Gasteiger partial charge in [0.05, 0.1) is 12.7 Å². The summed E-state index contributed by atoms with van der Waals surface area (Å²) < 4.78 is 23.9. The second-order valence-electron chi connectivity index (χ2n) is 3.94. The number of piperazine rings is 1. The third kappa shape index (κ3) is 3.77. The standard InChI is InChI=1S/C8H16N2O4S/c1-6-4-10(15(2,13)14)5-7(9-6)3-8(11)12/h6-7,9H,3-5H2,1-2H3,(H,11,12)/t6-,7-/m0/s1. The van der Waals surface area contributed by atoms with Crippen LogP contribution in [0.5, 0.6) is 0 Å². The SMILES string of the molecule is C[C@H]1CN(S(C)(=O)=O)C[C@H](CC(=O)O)N1. The molecule has 2 N–H and O–H groups in total. The van der Waals surface area contributed by atoms with Gasteiger partial charge in [-0.1, -0.05) is 0 Å². The monoisotopic (exact) mass is 236 g/mol. The Balaban J connectivity index is 2.68. The van der Waals surface area contributed by atoms with Gasteiger partial charge in [0.25, 0.3) is 0 Å². The molecule has 0 saturated carbocycles. The van der Waals surface area contributed by atoms with Crippen molar-refractivity contribution in [3.8, 4) is 0 Å². The molecular formula is C8H16N2O4S. The Hall–Kier alpha value is -0.660. The molecule has 1 aliphatic heterocycles. The minimum Gasteiger partial charge on any atom is -0.481 e. The Bertz CT molecular complexity index is 341. The summed E-state index contributed by atoms with van der Waals surface area (Å²) in [5.41, 5.74) is 0. The van der Waals surface area contributed by atoms with E-state index in [2.05, 4.69) is 5.32 Å². The minimum atomic E-state index is -3.23. The molecule has 1 aliphatic rings. The van der Waals surface area contributed by atoms with Crippen molar-refractivity contribution < 1.29 is 18.3 Å². The average Bonchev–Trinajstić information content (AvgIpc) is 1.99. The Morgan fingerprint density at radius 3 is 2.60 bits per heavy atom. The third-order valence-electron chi connectivity index (χ3n) is 2.31. The van der Waals surface area contributed by atoms with Gasteiger partial charge in [-0.05, 0) is 6.92 Å². The van der Waals surface area contributed by atoms with Crippen LogP contribution in [-0.4, -0.2) is 55.2 Å². The highest BCUT2D eigenvalue weighted by molar-refractivity contribution is 7.88. The smallest absolute Gasteiger partial charge is 0.304 e. The van der Waals surface area contributed by atoms with Gasteiger partial charge in [0, 0.05) is 25.2 Å². The molecule has 0 bridgehead atoms. The van der Waals surface area contributed by atoms with Crippen molar-refractivity contribution in [2.75, 3.05) is 19.3 Å². The maximum Gasteiger partial charge on any atom is 0.304 e. The highest BCUT2D eigenvalue weighted by Gasteiger charge is 2.30. The van der Waals surface area contributed by atoms with Gasteiger partial charge in [-0.15, -0.1) is 0 Å². The quantitative estimate of drug-likeness (QED) is 0.662. The van der Waals surface area contributed by atoms with Crippen LogP contribution in [0.4, 0.5) is 0 Å². The van der Waals surface area contributed by atoms with Gasteiger partial charge < -0.3 is 10.4 Å². The van der Waals surface area contributed by atoms with E-state index in [1.807, 2.05) is 6.92 Å². The second kappa shape index (κ2) is 4.46. The molecular weight excluding hydrogens is 220 g/mol. The zero-order valence-corrected chi connectivity index (χ0v) is 9.62. The van der Waals surface area contributed by atoms with E-state index in [-0.39, 0.29) is 25.0 Å². The van der Waals surface area contributed by atoms with E-state index in [0.29, 0.717) is 6.54 Å². The largest absolute Gasteiger partial charge is 0.481 e. The van der Waals surface area contributed by atoms with Gasteiger partial charge in [0.1, 0.15) is 0 Å². The van der Waals surface area contributed by atoms with Crippen molar-refractivity contribution >= 4 is 16.0 Å². The molecule has 0 spiro atoms. The fourth-order valence-corrected chi connectivity index (χ4v) is 2.68. The molecule has 6 nitrogen and oxygen atoms in total. The van der Waals surface area contributed by atoms with Crippen LogP contribution in [0.2, 0.25) is 0 Å². The van der Waals surface area contributed by atoms with Crippen LogP contribution in [-0.2, 0) is 14.8 Å². The number of carboxylic acid groups (broad SMARTS) is 1. The Morgan fingerprint density at radius 2 is 2.13 bits per heavy atom. The normalized spacial score (nSPS) is 28.9. The summed E-state index contributed by atoms with van der Waals surface area (Å²) in [7, 11) is -3.23. The minimum absolute atomic E-state index is 0.0159. The maximum atomic E-state index is 11.3. The Labute approximate surface area is 89.3 Å². The van der Waals surface area contributed by atoms with E-state index in [1.165, 1.54) is 4.31 Å². The number of sulfonamides is 1. The second-order valence-corrected chi connectivity index (χ2v) is 5.92. The van der Waals surface area contributed by atoms with Crippen LogP contribution in [0.25, 0.3) is 0 Å². The number of carbonyl (C=O) groups is 1. The summed E-state index contributed by atoms with van der Waals surface area (Å²) in [5.74, 6) is -0.921. The van der Waals surface area contributed by atoms with Gasteiger partial charge in [0.15, 0.2) is 0 Å². The Morgan fingerprint density at radius 1 is 1.53 bits per heavy atom. The molecule has 1 rings (SSSR count). The lowest BCUT2D eigenvalue weighted by atomic mass is 10.1. The molecule has 0 aromatic rings. The zero-order chi connectivity index (χ0) is 11.6. The molecule has 88 valence electrons. The summed E-state index contributed by atoms with van der Waals surface area (Å²) in [6.07, 6.45) is 1.08. The van der Waals surface area contributed by atoms with Crippen molar-refractivity contribution in [2.45, 2.75) is 25.4 Å². The van der Waals surface area contributed by atoms with E-state index in [4.69, 9.17) is 5.11 Å². The van der Waals surface area contributed by atoms with E-state index in [1.54, 1.807) is 0 Å². The number of hydrogen-bond acceptors (Lipinski definition) is 4. The van der Waals surface area contributed by atoms with Crippen LogP contribution < -0.4 is 5.32 Å². The maximum absolute atomic E-state index is 11.3. The molecule has 0 radical (unpaired) electrons. The number of aliphatic carboxylic acids is 1. The number of nitrogens with one attached hydrogen (secondary N) is 1. The van der Waals surface area contributed by atoms with Gasteiger partial charge in [-0.25, -0.2) is 8.42 Å². The van der Waals surface area contributed by atoms with Crippen molar-refractivity contribution in [2.24, 2.45) is 0 Å². The van der Waals surface area contributed by atoms with Gasteiger partial charge >= 0.3 is 5.97 Å². The summed E-state index contributed by atoms with van der Waals surface area (Å²) in [4.78, 5) is 10.5. The van der Waals surface area contributed by atoms with Crippen molar-refractivity contribution in [3.63, 3.8) is 0 Å². The van der Waals surface area contributed by atoms with Crippen LogP contribution in [0.15, 0.2) is 0 Å². The predicted molar refractivity (Wildman–Crippen MR) is 55.1 cm³/mol. The highest BCUT2D eigenvalue weighted by Crippen LogP contribution is 2.10. The summed E-state index contributed by atoms with van der Waals surface area (Å²) >= 11 is 0. The Kier molecular flexibility index (Phi) is 3.69. The molecule has 0 aliphatic carbocycles. The molecule has 1 heterocycles. The number of hydrogen-bond donors (Lipinski definition) is 2. The fourth-order valence-electron chi connectivity index (χ4n) is 1.74. The average molecular weight is 236 g/mol. The number of carboxylic acids is 1. The van der Waals surface area contributed by atoms with Crippen LogP contribution in [0.1, 0.15) is 13.3 Å². The molecule has 7 heteroatoms. The molecule has 1 fully saturated rings. The highest BCUT2D eigenvalue weighted by atomic mass is 32.2. The van der Waals surface area contributed by atoms with Crippen LogP contribution >= 0.6 is 0 Å². The molecule has 2 atom stereocenters. The molecule has 0 aromatic heterocycles. The molecule has 0 unspecified atom stereocenters. The lowest BCUT2D eigenvalue weighted by molar-refractivity contribution is -0.137. The molecule has 1 saturated heterocycles. The van der Waals surface area contributed by atoms with Crippen LogP contribution in [0, 0.1) is 0 Å². The lowest BCUT2D eigenvalue weighted by Gasteiger charge is -2.35. The first-order valence-electron chi connectivity index (χ1n) is 4.72.